The molecule has 0 N–H and O–H groups in total. The molecule has 0 atom stereocenters. The fourth-order valence-corrected chi connectivity index (χ4v) is 11.2. The summed E-state index contributed by atoms with van der Waals surface area (Å²) >= 11 is 0. The molecular weight excluding hydrogens is 795 g/mol. The second kappa shape index (κ2) is 12.9. The molecule has 2 aliphatic rings. The van der Waals surface area contributed by atoms with Gasteiger partial charge in [0.15, 0.2) is 0 Å². The molecule has 0 amide bonds. The van der Waals surface area contributed by atoms with Gasteiger partial charge < -0.3 is 18.1 Å². The zero-order chi connectivity index (χ0) is 42.3. The first-order chi connectivity index (χ1) is 32.3. The molecule has 6 heterocycles. The molecule has 0 saturated heterocycles. The Morgan fingerprint density at radius 1 is 0.277 bits per heavy atom. The van der Waals surface area contributed by atoms with Gasteiger partial charge in [-0.05, 0) is 84.9 Å². The quantitative estimate of drug-likeness (QED) is 0.166. The number of benzene rings is 9. The SMILES string of the molecule is c1ccc(-n2c3ccccc3c3ccccc32)c(N2c3cccc4c3B(n3c2nc2ccccc23)n2c(nc3ccccc32)N4c2ccccc2-n2c3ccccc3c3ccccc32)c1. The van der Waals surface area contributed by atoms with Crippen LogP contribution in [0.5, 0.6) is 0 Å². The average molecular weight is 831 g/mol. The van der Waals surface area contributed by atoms with E-state index in [1.54, 1.807) is 0 Å². The number of hydrogen-bond acceptors (Lipinski definition) is 4. The lowest BCUT2D eigenvalue weighted by Gasteiger charge is -2.43. The van der Waals surface area contributed by atoms with Crippen molar-refractivity contribution in [1.29, 1.82) is 0 Å². The Kier molecular flexibility index (Phi) is 6.88. The van der Waals surface area contributed by atoms with Crippen LogP contribution in [0.4, 0.5) is 34.6 Å². The van der Waals surface area contributed by atoms with Crippen molar-refractivity contribution in [1.82, 2.24) is 28.1 Å². The van der Waals surface area contributed by atoms with E-state index in [9.17, 15) is 0 Å². The maximum absolute atomic E-state index is 5.56. The second-order valence-corrected chi connectivity index (χ2v) is 17.0. The smallest absolute Gasteiger partial charge is 0.329 e. The van der Waals surface area contributed by atoms with Crippen LogP contribution in [0, 0.1) is 0 Å². The monoisotopic (exact) mass is 830 g/mol. The fraction of sp³-hybridized carbons (Fsp3) is 0. The average Bonchev–Trinajstić information content (AvgIpc) is 4.12. The Morgan fingerprint density at radius 2 is 0.585 bits per heavy atom. The molecule has 9 heteroatoms. The van der Waals surface area contributed by atoms with Gasteiger partial charge in [-0.2, -0.15) is 0 Å². The lowest BCUT2D eigenvalue weighted by atomic mass is 9.62. The highest BCUT2D eigenvalue weighted by Crippen LogP contribution is 2.50. The third kappa shape index (κ3) is 4.55. The van der Waals surface area contributed by atoms with Crippen LogP contribution in [0.3, 0.4) is 0 Å². The van der Waals surface area contributed by atoms with E-state index in [0.717, 1.165) is 95.6 Å². The first-order valence-corrected chi connectivity index (χ1v) is 22.1. The Labute approximate surface area is 372 Å². The maximum atomic E-state index is 5.56. The van der Waals surface area contributed by atoms with Crippen molar-refractivity contribution in [2.45, 2.75) is 0 Å². The second-order valence-electron chi connectivity index (χ2n) is 17.0. The summed E-state index contributed by atoms with van der Waals surface area (Å²) in [5, 5.41) is 4.88. The minimum atomic E-state index is -0.306. The predicted molar refractivity (Wildman–Crippen MR) is 267 cm³/mol. The summed E-state index contributed by atoms with van der Waals surface area (Å²) in [5.41, 5.74) is 16.1. The van der Waals surface area contributed by atoms with Crippen LogP contribution < -0.4 is 15.3 Å². The van der Waals surface area contributed by atoms with Crippen molar-refractivity contribution in [3.8, 4) is 11.4 Å². The molecule has 0 fully saturated rings. The minimum absolute atomic E-state index is 0.306. The van der Waals surface area contributed by atoms with Crippen LogP contribution in [0.1, 0.15) is 0 Å². The van der Waals surface area contributed by atoms with Crippen LogP contribution in [0.15, 0.2) is 212 Å². The number of imidazole rings is 2. The van der Waals surface area contributed by atoms with Crippen LogP contribution in [-0.2, 0) is 0 Å². The van der Waals surface area contributed by atoms with E-state index in [2.05, 4.69) is 240 Å². The Bertz CT molecular complexity index is 3770. The largest absolute Gasteiger partial charge is 0.429 e. The predicted octanol–water partition coefficient (Wildman–Crippen LogP) is 12.9. The Morgan fingerprint density at radius 3 is 0.985 bits per heavy atom. The molecule has 15 rings (SSSR count). The standard InChI is InChI=1S/C56H35BN8/c1-7-24-42-36(18-1)37-19-2-8-25-43(37)60(42)48-30-13-15-32-50(48)62-52-34-17-35-53-54(52)57(64-46-28-11-5-22-40(46)58-55(62)64)65-47-29-12-6-23-41(47)59-56(65)63(53)51-33-16-14-31-49(51)61-44-26-9-3-20-38(44)39-21-4-10-27-45(39)61/h1-35H. The molecule has 8 nitrogen and oxygen atoms in total. The van der Waals surface area contributed by atoms with Crippen LogP contribution in [0.2, 0.25) is 0 Å². The van der Waals surface area contributed by atoms with Crippen molar-refractivity contribution in [2.75, 3.05) is 9.80 Å². The molecule has 0 unspecified atom stereocenters. The number of aromatic nitrogens is 6. The van der Waals surface area contributed by atoms with E-state index in [1.807, 2.05) is 0 Å². The van der Waals surface area contributed by atoms with Gasteiger partial charge >= 0.3 is 6.98 Å². The zero-order valence-electron chi connectivity index (χ0n) is 34.9. The molecule has 0 saturated carbocycles. The van der Waals surface area contributed by atoms with Gasteiger partial charge in [0.1, 0.15) is 0 Å². The molecular formula is C56H35BN8. The van der Waals surface area contributed by atoms with Crippen LogP contribution in [-0.4, -0.2) is 35.0 Å². The number of hydrogen-bond donors (Lipinski definition) is 0. The number of anilines is 6. The number of para-hydroxylation sites is 12. The van der Waals surface area contributed by atoms with E-state index in [-0.39, 0.29) is 6.98 Å². The molecule has 13 aromatic rings. The molecule has 65 heavy (non-hydrogen) atoms. The highest BCUT2D eigenvalue weighted by atomic mass is 15.4. The number of nitrogens with zero attached hydrogens (tertiary/aromatic N) is 8. The Hall–Kier alpha value is -8.82. The van der Waals surface area contributed by atoms with E-state index in [0.29, 0.717) is 0 Å². The first-order valence-electron chi connectivity index (χ1n) is 22.1. The van der Waals surface area contributed by atoms with E-state index < -0.39 is 0 Å². The minimum Gasteiger partial charge on any atom is -0.329 e. The van der Waals surface area contributed by atoms with Gasteiger partial charge in [-0.15, -0.1) is 0 Å². The van der Waals surface area contributed by atoms with Gasteiger partial charge in [0, 0.05) is 38.4 Å². The highest BCUT2D eigenvalue weighted by molar-refractivity contribution is 6.77. The van der Waals surface area contributed by atoms with E-state index in [4.69, 9.17) is 9.97 Å². The van der Waals surface area contributed by atoms with Crippen LogP contribution in [0.25, 0.3) is 77.1 Å². The van der Waals surface area contributed by atoms with Gasteiger partial charge in [0.2, 0.25) is 11.9 Å². The lowest BCUT2D eigenvalue weighted by molar-refractivity contribution is 0.990. The van der Waals surface area contributed by atoms with Crippen molar-refractivity contribution in [3.63, 3.8) is 0 Å². The Balaban J connectivity index is 1.06. The molecule has 4 aromatic heterocycles. The van der Waals surface area contributed by atoms with Crippen molar-refractivity contribution in [2.24, 2.45) is 0 Å². The normalized spacial score (nSPS) is 13.1. The van der Waals surface area contributed by atoms with E-state index in [1.165, 1.54) is 21.5 Å². The summed E-state index contributed by atoms with van der Waals surface area (Å²) in [5.74, 6) is 1.69. The molecule has 0 radical (unpaired) electrons. The number of rotatable bonds is 4. The summed E-state index contributed by atoms with van der Waals surface area (Å²) in [7, 11) is 0. The van der Waals surface area contributed by atoms with Gasteiger partial charge in [0.05, 0.1) is 66.9 Å². The zero-order valence-corrected chi connectivity index (χ0v) is 34.9. The molecule has 2 aliphatic heterocycles. The highest BCUT2D eigenvalue weighted by Gasteiger charge is 2.48. The van der Waals surface area contributed by atoms with Crippen molar-refractivity contribution < 1.29 is 0 Å². The molecule has 302 valence electrons. The summed E-state index contributed by atoms with van der Waals surface area (Å²) in [6.45, 7) is -0.306. The molecule has 0 bridgehead atoms. The molecule has 0 spiro atoms. The summed E-state index contributed by atoms with van der Waals surface area (Å²) < 4.78 is 9.73. The van der Waals surface area contributed by atoms with Gasteiger partial charge in [0.25, 0.3) is 0 Å². The third-order valence-corrected chi connectivity index (χ3v) is 13.7. The maximum Gasteiger partial charge on any atom is 0.429 e. The third-order valence-electron chi connectivity index (χ3n) is 13.7. The van der Waals surface area contributed by atoms with Gasteiger partial charge in [-0.25, -0.2) is 9.97 Å². The first kappa shape index (κ1) is 34.7. The van der Waals surface area contributed by atoms with Gasteiger partial charge in [-0.3, -0.25) is 9.80 Å². The van der Waals surface area contributed by atoms with Crippen molar-refractivity contribution in [3.05, 3.63) is 212 Å². The lowest BCUT2D eigenvalue weighted by Crippen LogP contribution is -2.55. The summed E-state index contributed by atoms with van der Waals surface area (Å²) in [4.78, 5) is 15.9. The van der Waals surface area contributed by atoms with Crippen molar-refractivity contribution >= 4 is 113 Å². The van der Waals surface area contributed by atoms with E-state index >= 15 is 0 Å². The topological polar surface area (TPSA) is 52.0 Å². The number of fused-ring (bicyclic) bond motifs is 14. The van der Waals surface area contributed by atoms with Crippen LogP contribution >= 0.6 is 0 Å². The molecule has 0 aliphatic carbocycles. The van der Waals surface area contributed by atoms with Gasteiger partial charge in [-0.1, -0.05) is 127 Å². The molecule has 9 aromatic carbocycles. The summed E-state index contributed by atoms with van der Waals surface area (Å²) in [6, 6.07) is 76.4. The fourth-order valence-electron chi connectivity index (χ4n) is 11.2. The summed E-state index contributed by atoms with van der Waals surface area (Å²) in [6.07, 6.45) is 0.